The minimum Gasteiger partial charge on any atom is -0.328 e. The summed E-state index contributed by atoms with van der Waals surface area (Å²) in [7, 11) is 0. The molecule has 0 N–H and O–H groups in total. The Morgan fingerprint density at radius 1 is 1.00 bits per heavy atom. The van der Waals surface area contributed by atoms with Crippen molar-refractivity contribution in [2.24, 2.45) is 0 Å². The molecule has 1 aliphatic rings. The molecule has 0 amide bonds. The summed E-state index contributed by atoms with van der Waals surface area (Å²) in [5.74, 6) is -5.00. The molecule has 0 saturated carbocycles. The summed E-state index contributed by atoms with van der Waals surface area (Å²) in [6.07, 6.45) is -12.0. The zero-order chi connectivity index (χ0) is 12.1. The van der Waals surface area contributed by atoms with Gasteiger partial charge in [0.15, 0.2) is 0 Å². The molecule has 1 aliphatic heterocycles. The van der Waals surface area contributed by atoms with Gasteiger partial charge in [-0.3, -0.25) is 4.74 Å². The molecular weight excluding hydrogens is 260 g/mol. The maximum Gasteiger partial charge on any atom is 0.453 e. The molecule has 1 unspecified atom stereocenters. The van der Waals surface area contributed by atoms with Gasteiger partial charge >= 0.3 is 23.5 Å². The molecule has 0 radical (unpaired) electrons. The van der Waals surface area contributed by atoms with Crippen molar-refractivity contribution in [2.45, 2.75) is 23.5 Å². The van der Waals surface area contributed by atoms with Crippen LogP contribution in [0.3, 0.4) is 0 Å². The first-order chi connectivity index (χ1) is 6.41. The summed E-state index contributed by atoms with van der Waals surface area (Å²) in [6.45, 7) is -1.67. The SMILES string of the molecule is FC1(Cl)COC(C(F)(F)F)(C(F)(F)F)O1. The van der Waals surface area contributed by atoms with Crippen molar-refractivity contribution in [3.63, 3.8) is 0 Å². The van der Waals surface area contributed by atoms with Crippen molar-refractivity contribution in [1.82, 2.24) is 0 Å². The Morgan fingerprint density at radius 2 is 1.40 bits per heavy atom. The molecule has 0 aromatic rings. The van der Waals surface area contributed by atoms with E-state index in [2.05, 4.69) is 21.1 Å². The largest absolute Gasteiger partial charge is 0.453 e. The van der Waals surface area contributed by atoms with Gasteiger partial charge in [0, 0.05) is 0 Å². The number of halogens is 8. The minimum absolute atomic E-state index is 1.67. The van der Waals surface area contributed by atoms with E-state index in [9.17, 15) is 30.7 Å². The quantitative estimate of drug-likeness (QED) is 0.494. The summed E-state index contributed by atoms with van der Waals surface area (Å²) >= 11 is 4.55. The highest BCUT2D eigenvalue weighted by atomic mass is 35.5. The van der Waals surface area contributed by atoms with Gasteiger partial charge in [0.2, 0.25) is 0 Å². The molecule has 90 valence electrons. The van der Waals surface area contributed by atoms with Crippen LogP contribution in [0.25, 0.3) is 0 Å². The molecule has 1 atom stereocenters. The maximum atomic E-state index is 12.6. The molecule has 10 heteroatoms. The van der Waals surface area contributed by atoms with Crippen molar-refractivity contribution in [3.8, 4) is 0 Å². The van der Waals surface area contributed by atoms with Crippen LogP contribution in [0.5, 0.6) is 0 Å². The van der Waals surface area contributed by atoms with Gasteiger partial charge in [-0.1, -0.05) is 0 Å². The van der Waals surface area contributed by atoms with Crippen molar-refractivity contribution >= 4 is 11.6 Å². The molecule has 1 saturated heterocycles. The average molecular weight is 263 g/mol. The highest BCUT2D eigenvalue weighted by Gasteiger charge is 2.79. The Bertz CT molecular complexity index is 243. The Hall–Kier alpha value is -0.280. The van der Waals surface area contributed by atoms with Crippen LogP contribution in [-0.2, 0) is 9.47 Å². The van der Waals surface area contributed by atoms with E-state index in [1.165, 1.54) is 0 Å². The number of hydrogen-bond acceptors (Lipinski definition) is 2. The molecular formula is C5H2ClF7O2. The van der Waals surface area contributed by atoms with Crippen LogP contribution in [0.1, 0.15) is 0 Å². The zero-order valence-corrected chi connectivity index (χ0v) is 7.30. The maximum absolute atomic E-state index is 12.6. The van der Waals surface area contributed by atoms with Crippen LogP contribution >= 0.6 is 11.6 Å². The van der Waals surface area contributed by atoms with Gasteiger partial charge in [0.05, 0.1) is 0 Å². The van der Waals surface area contributed by atoms with Crippen LogP contribution in [0.4, 0.5) is 30.7 Å². The molecule has 0 aromatic carbocycles. The average Bonchev–Trinajstić information content (AvgIpc) is 2.23. The number of rotatable bonds is 0. The summed E-state index contributed by atoms with van der Waals surface area (Å²) in [4.78, 5) is 0. The second-order valence-corrected chi connectivity index (χ2v) is 3.20. The third kappa shape index (κ3) is 2.00. The minimum atomic E-state index is -5.98. The normalized spacial score (nSPS) is 32.0. The molecule has 2 nitrogen and oxygen atoms in total. The van der Waals surface area contributed by atoms with E-state index in [0.717, 1.165) is 0 Å². The lowest BCUT2D eigenvalue weighted by Crippen LogP contribution is -2.58. The summed E-state index contributed by atoms with van der Waals surface area (Å²) in [5, 5.41) is -3.65. The highest BCUT2D eigenvalue weighted by Crippen LogP contribution is 2.53. The Labute approximate surface area is 82.9 Å². The highest BCUT2D eigenvalue weighted by molar-refractivity contribution is 6.22. The van der Waals surface area contributed by atoms with Crippen LogP contribution in [0.2, 0.25) is 0 Å². The second-order valence-electron chi connectivity index (χ2n) is 2.64. The van der Waals surface area contributed by atoms with E-state index in [0.29, 0.717) is 0 Å². The van der Waals surface area contributed by atoms with Gasteiger partial charge in [-0.25, -0.2) is 0 Å². The number of hydrogen-bond donors (Lipinski definition) is 0. The summed E-state index contributed by atoms with van der Waals surface area (Å²) < 4.78 is 91.3. The lowest BCUT2D eigenvalue weighted by molar-refractivity contribution is -0.448. The van der Waals surface area contributed by atoms with Crippen LogP contribution in [0.15, 0.2) is 0 Å². The number of alkyl halides is 8. The fraction of sp³-hybridized carbons (Fsp3) is 1.00. The first kappa shape index (κ1) is 12.8. The fourth-order valence-corrected chi connectivity index (χ4v) is 1.06. The van der Waals surface area contributed by atoms with E-state index in [1.807, 2.05) is 0 Å². The molecule has 0 spiro atoms. The van der Waals surface area contributed by atoms with E-state index in [-0.39, 0.29) is 0 Å². The van der Waals surface area contributed by atoms with E-state index >= 15 is 0 Å². The first-order valence-corrected chi connectivity index (χ1v) is 3.64. The Balaban J connectivity index is 3.13. The summed E-state index contributed by atoms with van der Waals surface area (Å²) in [5.41, 5.74) is 0. The van der Waals surface area contributed by atoms with E-state index in [1.54, 1.807) is 0 Å². The third-order valence-electron chi connectivity index (χ3n) is 1.48. The van der Waals surface area contributed by atoms with Crippen molar-refractivity contribution < 1.29 is 40.2 Å². The van der Waals surface area contributed by atoms with E-state index < -0.39 is 30.1 Å². The molecule has 0 aromatic heterocycles. The zero-order valence-electron chi connectivity index (χ0n) is 6.55. The van der Waals surface area contributed by atoms with Gasteiger partial charge in [-0.2, -0.15) is 30.7 Å². The van der Waals surface area contributed by atoms with Gasteiger partial charge in [0.25, 0.3) is 0 Å². The van der Waals surface area contributed by atoms with Gasteiger partial charge in [-0.15, -0.1) is 0 Å². The Kier molecular flexibility index (Phi) is 2.65. The molecule has 1 heterocycles. The van der Waals surface area contributed by atoms with Crippen molar-refractivity contribution in [1.29, 1.82) is 0 Å². The van der Waals surface area contributed by atoms with Crippen LogP contribution in [0, 0.1) is 0 Å². The molecule has 1 rings (SSSR count). The van der Waals surface area contributed by atoms with Crippen molar-refractivity contribution in [2.75, 3.05) is 6.61 Å². The fourth-order valence-electron chi connectivity index (χ4n) is 0.895. The smallest absolute Gasteiger partial charge is 0.328 e. The monoisotopic (exact) mass is 262 g/mol. The van der Waals surface area contributed by atoms with Crippen LogP contribution < -0.4 is 0 Å². The topological polar surface area (TPSA) is 18.5 Å². The second kappa shape index (κ2) is 3.11. The Morgan fingerprint density at radius 3 is 1.53 bits per heavy atom. The first-order valence-electron chi connectivity index (χ1n) is 3.27. The molecule has 1 fully saturated rings. The molecule has 0 aliphatic carbocycles. The van der Waals surface area contributed by atoms with Crippen molar-refractivity contribution in [3.05, 3.63) is 0 Å². The molecule has 15 heavy (non-hydrogen) atoms. The van der Waals surface area contributed by atoms with Gasteiger partial charge < -0.3 is 4.74 Å². The van der Waals surface area contributed by atoms with Gasteiger partial charge in [0.1, 0.15) is 6.61 Å². The lowest BCUT2D eigenvalue weighted by Gasteiger charge is -2.31. The standard InChI is InChI=1S/C5H2ClF7O2/c6-2(7)1-14-3(15-2,4(8,9)10)5(11,12)13/h1H2. The van der Waals surface area contributed by atoms with E-state index in [4.69, 9.17) is 0 Å². The lowest BCUT2D eigenvalue weighted by atomic mass is 10.2. The van der Waals surface area contributed by atoms with Crippen LogP contribution in [-0.4, -0.2) is 30.1 Å². The number of ether oxygens (including phenoxy) is 2. The third-order valence-corrected chi connectivity index (χ3v) is 1.67. The predicted molar refractivity (Wildman–Crippen MR) is 31.6 cm³/mol. The van der Waals surface area contributed by atoms with Gasteiger partial charge in [-0.05, 0) is 11.6 Å². The molecule has 0 bridgehead atoms. The summed E-state index contributed by atoms with van der Waals surface area (Å²) in [6, 6.07) is 0. The predicted octanol–water partition coefficient (Wildman–Crippen LogP) is 2.72.